The van der Waals surface area contributed by atoms with Crippen LogP contribution in [0.2, 0.25) is 0 Å². The molecule has 0 radical (unpaired) electrons. The van der Waals surface area contributed by atoms with Crippen molar-refractivity contribution in [2.75, 3.05) is 26.4 Å². The Balaban J connectivity index is -0.000000598. The number of hydrogen-bond donors (Lipinski definition) is 2. The third-order valence-electron chi connectivity index (χ3n) is 3.65. The monoisotopic (exact) mass is 498 g/mol. The van der Waals surface area contributed by atoms with Gasteiger partial charge in [0.2, 0.25) is 0 Å². The molecule has 0 fully saturated rings. The molecule has 32 heavy (non-hydrogen) atoms. The number of aliphatic carboxylic acids is 1. The summed E-state index contributed by atoms with van der Waals surface area (Å²) in [6.45, 7) is 2.72. The first-order valence-corrected chi connectivity index (χ1v) is 10.2. The number of hydrogen-bond acceptors (Lipinski definition) is 11. The van der Waals surface area contributed by atoms with Gasteiger partial charge in [0.05, 0.1) is 13.2 Å². The second-order valence-electron chi connectivity index (χ2n) is 5.88. The van der Waals surface area contributed by atoms with E-state index in [2.05, 4.69) is 6.58 Å². The number of aliphatic hydroxyl groups is 2. The Morgan fingerprint density at radius 2 is 1.47 bits per heavy atom. The van der Waals surface area contributed by atoms with Crippen LogP contribution in [-0.4, -0.2) is 67.2 Å². The zero-order valence-electron chi connectivity index (χ0n) is 18.6. The van der Waals surface area contributed by atoms with E-state index in [1.807, 2.05) is 0 Å². The number of unbranched alkanes of at least 4 members (excludes halogenated alkanes) is 3. The van der Waals surface area contributed by atoms with E-state index in [0.29, 0.717) is 19.3 Å². The largest absolute Gasteiger partial charge is 1.00 e. The fourth-order valence-corrected chi connectivity index (χ4v) is 2.37. The summed E-state index contributed by atoms with van der Waals surface area (Å²) in [7, 11) is -3.11. The van der Waals surface area contributed by atoms with Crippen molar-refractivity contribution in [3.63, 3.8) is 0 Å². The molecule has 0 spiro atoms. The number of esters is 2. The Kier molecular flexibility index (Phi) is 32.5. The van der Waals surface area contributed by atoms with Gasteiger partial charge >= 0.3 is 69.7 Å². The van der Waals surface area contributed by atoms with Crippen LogP contribution < -0.4 is 64.2 Å². The normalized spacial score (nSPS) is 10.1. The molecule has 0 rings (SSSR count). The van der Waals surface area contributed by atoms with E-state index in [1.165, 1.54) is 0 Å². The minimum absolute atomic E-state index is 0. The second-order valence-corrected chi connectivity index (χ2v) is 6.29. The summed E-state index contributed by atoms with van der Waals surface area (Å²) in [5.74, 6) is -2.63. The average molecular weight is 498 g/mol. The first-order valence-electron chi connectivity index (χ1n) is 9.18. The van der Waals surface area contributed by atoms with Crippen LogP contribution in [0, 0.1) is 11.8 Å². The van der Waals surface area contributed by atoms with Crippen LogP contribution in [0.5, 0.6) is 0 Å². The predicted octanol–water partition coefficient (Wildman–Crippen LogP) is -7.08. The van der Waals surface area contributed by atoms with Crippen LogP contribution in [-0.2, 0) is 34.5 Å². The molecule has 0 saturated heterocycles. The van der Waals surface area contributed by atoms with Crippen LogP contribution in [0.1, 0.15) is 44.9 Å². The van der Waals surface area contributed by atoms with Gasteiger partial charge < -0.3 is 29.6 Å². The van der Waals surface area contributed by atoms with E-state index >= 15 is 0 Å². The number of carboxylic acid groups (broad SMARTS) is 1. The van der Waals surface area contributed by atoms with Crippen molar-refractivity contribution < 1.29 is 111 Å². The van der Waals surface area contributed by atoms with Crippen molar-refractivity contribution in [1.82, 2.24) is 0 Å². The summed E-state index contributed by atoms with van der Waals surface area (Å²) in [5, 5.41) is 27.8. The molecule has 0 aliphatic carbocycles. The number of rotatable bonds is 16. The molecule has 0 aromatic carbocycles. The average Bonchev–Trinajstić information content (AvgIpc) is 2.68. The minimum Gasteiger partial charge on any atom is -0.550 e. The first-order chi connectivity index (χ1) is 14.2. The van der Waals surface area contributed by atoms with Crippen LogP contribution in [0.25, 0.3) is 0 Å². The summed E-state index contributed by atoms with van der Waals surface area (Å²) in [6.07, 6.45) is 4.57. The van der Waals surface area contributed by atoms with Gasteiger partial charge in [0.15, 0.2) is 5.97 Å². The summed E-state index contributed by atoms with van der Waals surface area (Å²) >= 11 is 0. The zero-order valence-corrected chi connectivity index (χ0v) is 23.4. The van der Waals surface area contributed by atoms with Crippen molar-refractivity contribution >= 4 is 28.5 Å². The summed E-state index contributed by atoms with van der Waals surface area (Å²) in [6, 6.07) is 0. The van der Waals surface area contributed by atoms with E-state index in [1.54, 1.807) is 6.08 Å². The van der Waals surface area contributed by atoms with Crippen LogP contribution in [0.15, 0.2) is 12.7 Å². The molecule has 0 heterocycles. The third-order valence-corrected chi connectivity index (χ3v) is 3.65. The maximum absolute atomic E-state index is 12.2. The molecule has 0 amide bonds. The number of ether oxygens (including phenoxy) is 2. The molecule has 0 saturated carbocycles. The molecule has 1 atom stereocenters. The van der Waals surface area contributed by atoms with Crippen molar-refractivity contribution in [3.8, 4) is 0 Å². The summed E-state index contributed by atoms with van der Waals surface area (Å²) in [5.41, 5.74) is 0. The molecule has 0 bridgehead atoms. The van der Waals surface area contributed by atoms with E-state index in [0.717, 1.165) is 12.8 Å². The van der Waals surface area contributed by atoms with Gasteiger partial charge in [-0.3, -0.25) is 15.5 Å². The van der Waals surface area contributed by atoms with Crippen LogP contribution in [0.3, 0.4) is 0 Å². The summed E-state index contributed by atoms with van der Waals surface area (Å²) < 4.78 is 35.0. The Hall–Kier alpha value is -0.440. The molecule has 0 aromatic heterocycles. The minimum atomic E-state index is -3.11. The van der Waals surface area contributed by atoms with E-state index in [4.69, 9.17) is 32.3 Å². The quantitative estimate of drug-likeness (QED) is 0.0677. The number of allylic oxidation sites excluding steroid dienone is 1. The van der Waals surface area contributed by atoms with Crippen LogP contribution >= 0.6 is 0 Å². The van der Waals surface area contributed by atoms with Gasteiger partial charge in [-0.1, -0.05) is 32.1 Å². The van der Waals surface area contributed by atoms with Crippen molar-refractivity contribution in [3.05, 3.63) is 18.6 Å². The molecule has 0 aromatic rings. The van der Waals surface area contributed by atoms with Gasteiger partial charge in [0, 0.05) is 5.97 Å². The standard InChI is InChI=1S/C18H29O8.2Na.O3S/c1-2-14(7-5-3-4-6-8-16(21)22)15(18(24)26-12-10-20)13-17(23)25-11-9-19;;;1-4(2)3/h2,14,19-20H,1,3-13H2,(H,21,22);;;/q-1;2*+1;/p-1. The van der Waals surface area contributed by atoms with E-state index in [9.17, 15) is 19.5 Å². The topological polar surface area (TPSA) is 184 Å². The molecule has 2 N–H and O–H groups in total. The zero-order chi connectivity index (χ0) is 23.4. The van der Waals surface area contributed by atoms with Crippen molar-refractivity contribution in [1.29, 1.82) is 0 Å². The van der Waals surface area contributed by atoms with Gasteiger partial charge in [-0.25, -0.2) is 0 Å². The van der Waals surface area contributed by atoms with E-state index in [-0.39, 0.29) is 104 Å². The molecular weight excluding hydrogens is 470 g/mol. The number of carboxylic acids is 1. The molecule has 14 heteroatoms. The molecule has 1 unspecified atom stereocenters. The van der Waals surface area contributed by atoms with Crippen molar-refractivity contribution in [2.45, 2.75) is 44.9 Å². The Morgan fingerprint density at radius 1 is 0.969 bits per heavy atom. The van der Waals surface area contributed by atoms with Gasteiger partial charge in [-0.05, 0) is 12.8 Å². The Morgan fingerprint density at radius 3 is 1.94 bits per heavy atom. The molecule has 11 nitrogen and oxygen atoms in total. The maximum atomic E-state index is 12.2. The van der Waals surface area contributed by atoms with Gasteiger partial charge in [0.25, 0.3) is 5.97 Å². The first kappa shape index (κ1) is 38.8. The molecule has 0 aliphatic heterocycles. The Bertz CT molecular complexity index is 619. The maximum Gasteiger partial charge on any atom is 1.00 e. The molecule has 174 valence electrons. The predicted molar refractivity (Wildman–Crippen MR) is 100 cm³/mol. The second kappa shape index (κ2) is 26.8. The molecule has 0 aliphatic rings. The van der Waals surface area contributed by atoms with Gasteiger partial charge in [-0.15, -0.1) is 31.2 Å². The SMILES string of the molecule is C=CC(CCCCCCC(=O)[O-])[C-](CC(=O)OCCO)C(=O)OCCO.O=S(=O)=O.[Na+].[Na+]. The van der Waals surface area contributed by atoms with Crippen molar-refractivity contribution in [2.24, 2.45) is 5.92 Å². The molecular formula is C18H28Na2O11S. The van der Waals surface area contributed by atoms with Gasteiger partial charge in [0.1, 0.15) is 13.2 Å². The Labute approximate surface area is 233 Å². The number of carbonyl (C=O) groups excluding carboxylic acids is 3. The third kappa shape index (κ3) is 25.8. The number of carbonyl (C=O) groups is 3. The fraction of sp³-hybridized carbons (Fsp3) is 0.667. The number of aliphatic hydroxyl groups excluding tert-OH is 2. The fourth-order valence-electron chi connectivity index (χ4n) is 2.37. The smallest absolute Gasteiger partial charge is 0.550 e. The van der Waals surface area contributed by atoms with Crippen LogP contribution in [0.4, 0.5) is 0 Å². The van der Waals surface area contributed by atoms with E-state index < -0.39 is 34.4 Å². The summed E-state index contributed by atoms with van der Waals surface area (Å²) in [4.78, 5) is 34.3. The van der Waals surface area contributed by atoms with Gasteiger partial charge in [-0.2, -0.15) is 0 Å².